The van der Waals surface area contributed by atoms with E-state index in [0.717, 1.165) is 5.56 Å². The van der Waals surface area contributed by atoms with Crippen LogP contribution < -0.4 is 10.6 Å². The fourth-order valence-electron chi connectivity index (χ4n) is 1.49. The molecule has 2 amide bonds. The van der Waals surface area contributed by atoms with Crippen molar-refractivity contribution in [2.24, 2.45) is 0 Å². The molecule has 0 bridgehead atoms. The lowest BCUT2D eigenvalue weighted by Crippen LogP contribution is -2.12. The molecular weight excluding hydrogens is 180 g/mol. The summed E-state index contributed by atoms with van der Waals surface area (Å²) in [7, 11) is 0. The highest BCUT2D eigenvalue weighted by Gasteiger charge is 2.18. The maximum atomic E-state index is 11.3. The molecule has 0 fully saturated rings. The van der Waals surface area contributed by atoms with E-state index in [1.54, 1.807) is 12.1 Å². The average molecular weight is 190 g/mol. The Hall–Kier alpha value is -1.84. The number of anilines is 1. The van der Waals surface area contributed by atoms with Crippen LogP contribution in [0.15, 0.2) is 18.2 Å². The van der Waals surface area contributed by atoms with Gasteiger partial charge in [0.1, 0.15) is 0 Å². The van der Waals surface area contributed by atoms with Crippen LogP contribution in [0.5, 0.6) is 0 Å². The van der Waals surface area contributed by atoms with Gasteiger partial charge in [0.25, 0.3) is 5.91 Å². The summed E-state index contributed by atoms with van der Waals surface area (Å²) in [4.78, 5) is 22.1. The quantitative estimate of drug-likeness (QED) is 0.690. The van der Waals surface area contributed by atoms with Gasteiger partial charge in [-0.2, -0.15) is 0 Å². The number of rotatable bonds is 1. The van der Waals surface area contributed by atoms with Crippen LogP contribution in [0.1, 0.15) is 22.8 Å². The minimum atomic E-state index is -0.136. The number of fused-ring (bicyclic) bond motifs is 1. The van der Waals surface area contributed by atoms with Crippen LogP contribution in [0.3, 0.4) is 0 Å². The van der Waals surface area contributed by atoms with Crippen LogP contribution in [0, 0.1) is 0 Å². The van der Waals surface area contributed by atoms with E-state index >= 15 is 0 Å². The Bertz CT molecular complexity index is 413. The van der Waals surface area contributed by atoms with Gasteiger partial charge in [-0.15, -0.1) is 0 Å². The molecule has 0 atom stereocenters. The Kier molecular flexibility index (Phi) is 1.96. The lowest BCUT2D eigenvalue weighted by atomic mass is 10.1. The largest absolute Gasteiger partial charge is 0.348 e. The summed E-state index contributed by atoms with van der Waals surface area (Å²) in [6.07, 6.45) is 0. The van der Waals surface area contributed by atoms with Crippen LogP contribution in [0.25, 0.3) is 0 Å². The van der Waals surface area contributed by atoms with Crippen LogP contribution >= 0.6 is 0 Å². The van der Waals surface area contributed by atoms with Crippen LogP contribution in [-0.2, 0) is 11.3 Å². The van der Waals surface area contributed by atoms with Crippen LogP contribution in [-0.4, -0.2) is 11.8 Å². The van der Waals surface area contributed by atoms with E-state index in [1.807, 2.05) is 6.07 Å². The first-order chi connectivity index (χ1) is 6.66. The normalized spacial score (nSPS) is 13.4. The van der Waals surface area contributed by atoms with E-state index in [0.29, 0.717) is 17.8 Å². The lowest BCUT2D eigenvalue weighted by molar-refractivity contribution is -0.114. The molecule has 2 N–H and O–H groups in total. The van der Waals surface area contributed by atoms with Crippen molar-refractivity contribution in [3.8, 4) is 0 Å². The van der Waals surface area contributed by atoms with Crippen molar-refractivity contribution >= 4 is 17.5 Å². The van der Waals surface area contributed by atoms with E-state index < -0.39 is 0 Å². The zero-order valence-corrected chi connectivity index (χ0v) is 7.76. The van der Waals surface area contributed by atoms with Gasteiger partial charge in [0.15, 0.2) is 0 Å². The molecule has 0 aliphatic carbocycles. The summed E-state index contributed by atoms with van der Waals surface area (Å²) in [6.45, 7) is 2.02. The standard InChI is InChI=1S/C10H10N2O2/c1-6(13)12-8-3-2-7-5-11-10(14)9(7)4-8/h2-4H,5H2,1H3,(H,11,14)(H,12,13). The highest BCUT2D eigenvalue weighted by molar-refractivity contribution is 6.00. The highest BCUT2D eigenvalue weighted by atomic mass is 16.2. The summed E-state index contributed by atoms with van der Waals surface area (Å²) < 4.78 is 0. The number of hydrogen-bond acceptors (Lipinski definition) is 2. The van der Waals surface area contributed by atoms with Crippen molar-refractivity contribution in [3.63, 3.8) is 0 Å². The molecule has 0 unspecified atom stereocenters. The molecule has 4 nitrogen and oxygen atoms in total. The summed E-state index contributed by atoms with van der Waals surface area (Å²) in [5, 5.41) is 5.35. The van der Waals surface area contributed by atoms with E-state index in [4.69, 9.17) is 0 Å². The molecule has 1 heterocycles. The van der Waals surface area contributed by atoms with Gasteiger partial charge in [-0.1, -0.05) is 6.07 Å². The van der Waals surface area contributed by atoms with Crippen molar-refractivity contribution in [1.29, 1.82) is 0 Å². The molecule has 0 aromatic heterocycles. The predicted molar refractivity (Wildman–Crippen MR) is 51.9 cm³/mol. The Morgan fingerprint density at radius 1 is 1.50 bits per heavy atom. The third-order valence-corrected chi connectivity index (χ3v) is 2.11. The summed E-state index contributed by atoms with van der Waals surface area (Å²) in [6, 6.07) is 5.33. The minimum absolute atomic E-state index is 0.0767. The van der Waals surface area contributed by atoms with Gasteiger partial charge < -0.3 is 10.6 Å². The first-order valence-electron chi connectivity index (χ1n) is 4.35. The molecule has 1 aliphatic heterocycles. The fourth-order valence-corrected chi connectivity index (χ4v) is 1.49. The minimum Gasteiger partial charge on any atom is -0.348 e. The molecule has 14 heavy (non-hydrogen) atoms. The van der Waals surface area contributed by atoms with Gasteiger partial charge in [0, 0.05) is 24.7 Å². The summed E-state index contributed by atoms with van der Waals surface area (Å²) >= 11 is 0. The Morgan fingerprint density at radius 2 is 2.29 bits per heavy atom. The number of hydrogen-bond donors (Lipinski definition) is 2. The second-order valence-electron chi connectivity index (χ2n) is 3.24. The van der Waals surface area contributed by atoms with Gasteiger partial charge in [-0.3, -0.25) is 9.59 Å². The summed E-state index contributed by atoms with van der Waals surface area (Å²) in [5.74, 6) is -0.212. The van der Waals surface area contributed by atoms with Crippen molar-refractivity contribution in [1.82, 2.24) is 5.32 Å². The molecule has 4 heteroatoms. The zero-order chi connectivity index (χ0) is 10.1. The first kappa shape index (κ1) is 8.74. The van der Waals surface area contributed by atoms with E-state index in [9.17, 15) is 9.59 Å². The third-order valence-electron chi connectivity index (χ3n) is 2.11. The molecular formula is C10H10N2O2. The van der Waals surface area contributed by atoms with E-state index in [2.05, 4.69) is 10.6 Å². The zero-order valence-electron chi connectivity index (χ0n) is 7.76. The molecule has 1 aliphatic rings. The van der Waals surface area contributed by atoms with Crippen molar-refractivity contribution < 1.29 is 9.59 Å². The molecule has 1 aromatic carbocycles. The molecule has 2 rings (SSSR count). The number of nitrogens with one attached hydrogen (secondary N) is 2. The SMILES string of the molecule is CC(=O)Nc1ccc2c(c1)C(=O)NC2. The van der Waals surface area contributed by atoms with Gasteiger partial charge in [0.2, 0.25) is 5.91 Å². The van der Waals surface area contributed by atoms with Crippen molar-refractivity contribution in [2.75, 3.05) is 5.32 Å². The van der Waals surface area contributed by atoms with Crippen molar-refractivity contribution in [2.45, 2.75) is 13.5 Å². The molecule has 0 saturated carbocycles. The predicted octanol–water partition coefficient (Wildman–Crippen LogP) is 0.888. The third kappa shape index (κ3) is 1.46. The monoisotopic (exact) mass is 190 g/mol. The molecule has 1 aromatic rings. The second-order valence-corrected chi connectivity index (χ2v) is 3.24. The van der Waals surface area contributed by atoms with Crippen molar-refractivity contribution in [3.05, 3.63) is 29.3 Å². The maximum absolute atomic E-state index is 11.3. The van der Waals surface area contributed by atoms with Gasteiger partial charge in [-0.25, -0.2) is 0 Å². The Balaban J connectivity index is 2.35. The molecule has 0 saturated heterocycles. The molecule has 0 spiro atoms. The number of carbonyl (C=O) groups excluding carboxylic acids is 2. The van der Waals surface area contributed by atoms with Crippen LogP contribution in [0.2, 0.25) is 0 Å². The first-order valence-corrected chi connectivity index (χ1v) is 4.35. The lowest BCUT2D eigenvalue weighted by Gasteiger charge is -2.02. The Morgan fingerprint density at radius 3 is 3.00 bits per heavy atom. The summed E-state index contributed by atoms with van der Waals surface area (Å²) in [5.41, 5.74) is 2.29. The second kappa shape index (κ2) is 3.14. The smallest absolute Gasteiger partial charge is 0.251 e. The van der Waals surface area contributed by atoms with Crippen LogP contribution in [0.4, 0.5) is 5.69 Å². The molecule has 0 radical (unpaired) electrons. The number of amides is 2. The van der Waals surface area contributed by atoms with E-state index in [1.165, 1.54) is 6.92 Å². The highest BCUT2D eigenvalue weighted by Crippen LogP contribution is 2.19. The number of benzene rings is 1. The van der Waals surface area contributed by atoms with Gasteiger partial charge in [-0.05, 0) is 17.7 Å². The van der Waals surface area contributed by atoms with Gasteiger partial charge >= 0.3 is 0 Å². The van der Waals surface area contributed by atoms with Gasteiger partial charge in [0.05, 0.1) is 0 Å². The number of carbonyl (C=O) groups is 2. The topological polar surface area (TPSA) is 58.2 Å². The molecule has 72 valence electrons. The Labute approximate surface area is 81.3 Å². The average Bonchev–Trinajstić information content (AvgIpc) is 2.47. The maximum Gasteiger partial charge on any atom is 0.251 e. The van der Waals surface area contributed by atoms with E-state index in [-0.39, 0.29) is 11.8 Å². The fraction of sp³-hybridized carbons (Fsp3) is 0.200.